The first-order chi connectivity index (χ1) is 11.9. The average Bonchev–Trinajstić information content (AvgIpc) is 3.16. The van der Waals surface area contributed by atoms with Crippen LogP contribution < -0.4 is 5.32 Å². The Hall–Kier alpha value is -2.26. The highest BCUT2D eigenvalue weighted by molar-refractivity contribution is 7.89. The van der Waals surface area contributed by atoms with E-state index in [1.165, 1.54) is 36.1 Å². The van der Waals surface area contributed by atoms with E-state index in [0.29, 0.717) is 12.8 Å². The lowest BCUT2D eigenvalue weighted by atomic mass is 9.89. The van der Waals surface area contributed by atoms with E-state index in [1.54, 1.807) is 12.3 Å². The number of aromatic nitrogens is 2. The number of carbonyl (C=O) groups excluding carboxylic acids is 1. The number of piperidine rings is 1. The lowest BCUT2D eigenvalue weighted by Gasteiger charge is -2.40. The van der Waals surface area contributed by atoms with Crippen molar-refractivity contribution < 1.29 is 17.6 Å². The molecule has 0 bridgehead atoms. The van der Waals surface area contributed by atoms with E-state index in [1.807, 2.05) is 0 Å². The predicted molar refractivity (Wildman–Crippen MR) is 88.7 cm³/mol. The molecule has 9 heteroatoms. The van der Waals surface area contributed by atoms with E-state index < -0.39 is 21.4 Å². The lowest BCUT2D eigenvalue weighted by molar-refractivity contribution is -0.132. The Balaban J connectivity index is 2.02. The summed E-state index contributed by atoms with van der Waals surface area (Å²) in [6.45, 7) is 0.113. The summed E-state index contributed by atoms with van der Waals surface area (Å²) in [5.74, 6) is -1.14. The van der Waals surface area contributed by atoms with E-state index in [2.05, 4.69) is 10.4 Å². The highest BCUT2D eigenvalue weighted by Crippen LogP contribution is 2.32. The fraction of sp³-hybridized carbons (Fsp3) is 0.375. The number of likely N-dealkylation sites (N-methyl/N-ethyl adjacent to an activating group) is 1. The molecule has 1 aliphatic heterocycles. The van der Waals surface area contributed by atoms with Gasteiger partial charge in [-0.15, -0.1) is 0 Å². The van der Waals surface area contributed by atoms with Crippen LogP contribution in [0.4, 0.5) is 4.39 Å². The molecule has 0 radical (unpaired) electrons. The van der Waals surface area contributed by atoms with E-state index in [0.717, 1.165) is 10.4 Å². The Kier molecular flexibility index (Phi) is 4.61. The van der Waals surface area contributed by atoms with E-state index >= 15 is 0 Å². The Labute approximate surface area is 145 Å². The molecule has 1 aromatic heterocycles. The molecule has 1 aromatic carbocycles. The van der Waals surface area contributed by atoms with Crippen molar-refractivity contribution in [2.45, 2.75) is 23.3 Å². The van der Waals surface area contributed by atoms with Crippen molar-refractivity contribution in [2.24, 2.45) is 0 Å². The van der Waals surface area contributed by atoms with Gasteiger partial charge in [0.2, 0.25) is 15.9 Å². The molecule has 1 amide bonds. The SMILES string of the molecule is CNC(=O)C1(n2cccn2)CCCN(S(=O)(=O)c2ccccc2F)C1. The Morgan fingerprint density at radius 3 is 2.72 bits per heavy atom. The minimum Gasteiger partial charge on any atom is -0.357 e. The fourth-order valence-corrected chi connectivity index (χ4v) is 4.82. The average molecular weight is 366 g/mol. The Morgan fingerprint density at radius 1 is 1.32 bits per heavy atom. The van der Waals surface area contributed by atoms with Crippen molar-refractivity contribution in [2.75, 3.05) is 20.1 Å². The van der Waals surface area contributed by atoms with Gasteiger partial charge in [0.1, 0.15) is 10.7 Å². The van der Waals surface area contributed by atoms with Gasteiger partial charge in [0.15, 0.2) is 5.54 Å². The summed E-state index contributed by atoms with van der Waals surface area (Å²) in [4.78, 5) is 12.2. The number of hydrogen-bond acceptors (Lipinski definition) is 4. The third kappa shape index (κ3) is 2.93. The maximum atomic E-state index is 14.0. The van der Waals surface area contributed by atoms with Crippen LogP contribution in [0.15, 0.2) is 47.6 Å². The summed E-state index contributed by atoms with van der Waals surface area (Å²) in [5.41, 5.74) is -1.16. The summed E-state index contributed by atoms with van der Waals surface area (Å²) >= 11 is 0. The van der Waals surface area contributed by atoms with Crippen LogP contribution in [0.1, 0.15) is 12.8 Å². The first kappa shape index (κ1) is 17.6. The van der Waals surface area contributed by atoms with Gasteiger partial charge in [-0.3, -0.25) is 9.48 Å². The topological polar surface area (TPSA) is 84.3 Å². The van der Waals surface area contributed by atoms with Crippen LogP contribution in [0.25, 0.3) is 0 Å². The third-order valence-corrected chi connectivity index (χ3v) is 6.36. The second-order valence-corrected chi connectivity index (χ2v) is 7.84. The van der Waals surface area contributed by atoms with Gasteiger partial charge in [0.25, 0.3) is 0 Å². The maximum absolute atomic E-state index is 14.0. The molecule has 1 atom stereocenters. The molecule has 1 unspecified atom stereocenters. The number of amides is 1. The van der Waals surface area contributed by atoms with Crippen molar-refractivity contribution in [3.8, 4) is 0 Å². The van der Waals surface area contributed by atoms with Crippen LogP contribution in [0.2, 0.25) is 0 Å². The molecule has 134 valence electrons. The first-order valence-corrected chi connectivity index (χ1v) is 9.33. The van der Waals surface area contributed by atoms with Crippen LogP contribution in [-0.2, 0) is 20.4 Å². The molecule has 2 aromatic rings. The number of nitrogens with zero attached hydrogens (tertiary/aromatic N) is 3. The largest absolute Gasteiger partial charge is 0.357 e. The Bertz CT molecular complexity index is 869. The number of carbonyl (C=O) groups is 1. The summed E-state index contributed by atoms with van der Waals surface area (Å²) < 4.78 is 42.5. The van der Waals surface area contributed by atoms with Gasteiger partial charge in [-0.25, -0.2) is 12.8 Å². The molecule has 3 rings (SSSR count). The van der Waals surface area contributed by atoms with Crippen LogP contribution in [0, 0.1) is 5.82 Å². The van der Waals surface area contributed by atoms with Crippen molar-refractivity contribution in [3.63, 3.8) is 0 Å². The van der Waals surface area contributed by atoms with Gasteiger partial charge in [0, 0.05) is 32.5 Å². The summed E-state index contributed by atoms with van der Waals surface area (Å²) in [6, 6.07) is 6.92. The number of halogens is 1. The van der Waals surface area contributed by atoms with Gasteiger partial charge in [-0.05, 0) is 31.0 Å². The molecule has 0 aliphatic carbocycles. The number of nitrogens with one attached hydrogen (secondary N) is 1. The second-order valence-electron chi connectivity index (χ2n) is 5.93. The monoisotopic (exact) mass is 366 g/mol. The zero-order valence-corrected chi connectivity index (χ0v) is 14.5. The van der Waals surface area contributed by atoms with Gasteiger partial charge < -0.3 is 5.32 Å². The zero-order valence-electron chi connectivity index (χ0n) is 13.7. The van der Waals surface area contributed by atoms with E-state index in [-0.39, 0.29) is 23.9 Å². The van der Waals surface area contributed by atoms with E-state index in [9.17, 15) is 17.6 Å². The molecule has 25 heavy (non-hydrogen) atoms. The zero-order chi connectivity index (χ0) is 18.1. The molecule has 0 spiro atoms. The summed E-state index contributed by atoms with van der Waals surface area (Å²) in [6.07, 6.45) is 4.07. The highest BCUT2D eigenvalue weighted by Gasteiger charge is 2.47. The van der Waals surface area contributed by atoms with Crippen molar-refractivity contribution in [1.29, 1.82) is 0 Å². The van der Waals surface area contributed by atoms with Crippen LogP contribution >= 0.6 is 0 Å². The molecular weight excluding hydrogens is 347 g/mol. The van der Waals surface area contributed by atoms with Gasteiger partial charge >= 0.3 is 0 Å². The van der Waals surface area contributed by atoms with Crippen LogP contribution in [0.3, 0.4) is 0 Å². The minimum atomic E-state index is -4.06. The fourth-order valence-electron chi connectivity index (χ4n) is 3.23. The number of hydrogen-bond donors (Lipinski definition) is 1. The molecule has 1 saturated heterocycles. The highest BCUT2D eigenvalue weighted by atomic mass is 32.2. The minimum absolute atomic E-state index is 0.106. The first-order valence-electron chi connectivity index (χ1n) is 7.89. The molecule has 1 aliphatic rings. The number of benzene rings is 1. The van der Waals surface area contributed by atoms with Gasteiger partial charge in [-0.1, -0.05) is 12.1 Å². The molecule has 2 heterocycles. The predicted octanol–water partition coefficient (Wildman–Crippen LogP) is 0.948. The van der Waals surface area contributed by atoms with Crippen molar-refractivity contribution in [1.82, 2.24) is 19.4 Å². The summed E-state index contributed by atoms with van der Waals surface area (Å²) in [5, 5.41) is 6.74. The standard InChI is InChI=1S/C16H19FN4O3S/c1-18-15(22)16(21-11-5-9-19-21)8-4-10-20(12-16)25(23,24)14-7-3-2-6-13(14)17/h2-3,5-7,9,11H,4,8,10,12H2,1H3,(H,18,22). The third-order valence-electron chi connectivity index (χ3n) is 4.48. The smallest absolute Gasteiger partial charge is 0.249 e. The Morgan fingerprint density at radius 2 is 2.08 bits per heavy atom. The van der Waals surface area contributed by atoms with Gasteiger partial charge in [0.05, 0.1) is 0 Å². The second kappa shape index (κ2) is 6.57. The molecular formula is C16H19FN4O3S. The molecule has 1 fully saturated rings. The van der Waals surface area contributed by atoms with Crippen LogP contribution in [-0.4, -0.2) is 48.5 Å². The van der Waals surface area contributed by atoms with E-state index in [4.69, 9.17) is 0 Å². The number of rotatable bonds is 4. The van der Waals surface area contributed by atoms with Crippen LogP contribution in [0.5, 0.6) is 0 Å². The molecule has 1 N–H and O–H groups in total. The maximum Gasteiger partial charge on any atom is 0.249 e. The quantitative estimate of drug-likeness (QED) is 0.873. The molecule has 7 nitrogen and oxygen atoms in total. The summed E-state index contributed by atoms with van der Waals surface area (Å²) in [7, 11) is -2.56. The number of sulfonamides is 1. The normalized spacial score (nSPS) is 21.8. The van der Waals surface area contributed by atoms with Gasteiger partial charge in [-0.2, -0.15) is 9.40 Å². The van der Waals surface area contributed by atoms with Crippen molar-refractivity contribution in [3.05, 3.63) is 48.5 Å². The molecule has 0 saturated carbocycles. The lowest BCUT2D eigenvalue weighted by Crippen LogP contribution is -2.59. The van der Waals surface area contributed by atoms with Crippen molar-refractivity contribution >= 4 is 15.9 Å².